The van der Waals surface area contributed by atoms with Crippen molar-refractivity contribution in [2.24, 2.45) is 0 Å². The van der Waals surface area contributed by atoms with Crippen LogP contribution in [0.3, 0.4) is 0 Å². The van der Waals surface area contributed by atoms with Crippen LogP contribution >= 0.6 is 22.9 Å². The number of phenols is 1. The molecule has 0 fully saturated rings. The molecule has 2 heterocycles. The molecule has 106 valence electrons. The third-order valence-corrected chi connectivity index (χ3v) is 5.05. The number of nitrogens with one attached hydrogen (secondary N) is 1. The number of hydrogen-bond donors (Lipinski definition) is 2. The summed E-state index contributed by atoms with van der Waals surface area (Å²) in [6.45, 7) is 0. The maximum atomic E-state index is 9.92. The topological polar surface area (TPSA) is 58.0 Å². The zero-order valence-corrected chi connectivity index (χ0v) is 12.6. The molecule has 2 N–H and O–H groups in total. The van der Waals surface area contributed by atoms with Crippen LogP contribution in [0.25, 0.3) is 10.2 Å². The number of benzene rings is 1. The van der Waals surface area contributed by atoms with Crippen LogP contribution in [0, 0.1) is 0 Å². The van der Waals surface area contributed by atoms with Crippen molar-refractivity contribution in [2.45, 2.75) is 19.3 Å². The van der Waals surface area contributed by atoms with Crippen LogP contribution in [0.15, 0.2) is 24.3 Å². The molecule has 1 aromatic carbocycles. The van der Waals surface area contributed by atoms with Gasteiger partial charge in [-0.2, -0.15) is 4.98 Å². The third kappa shape index (κ3) is 2.13. The summed E-state index contributed by atoms with van der Waals surface area (Å²) in [6, 6.07) is 7.09. The van der Waals surface area contributed by atoms with Gasteiger partial charge in [-0.3, -0.25) is 0 Å². The first kappa shape index (κ1) is 12.9. The smallest absolute Gasteiger partial charge is 0.225 e. The van der Waals surface area contributed by atoms with Gasteiger partial charge in [-0.1, -0.05) is 12.1 Å². The van der Waals surface area contributed by atoms with E-state index in [-0.39, 0.29) is 11.0 Å². The summed E-state index contributed by atoms with van der Waals surface area (Å²) in [5, 5.41) is 14.4. The molecule has 21 heavy (non-hydrogen) atoms. The molecule has 2 aromatic heterocycles. The summed E-state index contributed by atoms with van der Waals surface area (Å²) >= 11 is 7.73. The second-order valence-corrected chi connectivity index (χ2v) is 6.44. The van der Waals surface area contributed by atoms with Crippen molar-refractivity contribution in [3.8, 4) is 5.75 Å². The van der Waals surface area contributed by atoms with Crippen LogP contribution in [0.1, 0.15) is 16.9 Å². The third-order valence-electron chi connectivity index (χ3n) is 3.69. The fourth-order valence-corrected chi connectivity index (χ4v) is 4.25. The highest BCUT2D eigenvalue weighted by atomic mass is 35.5. The minimum absolute atomic E-state index is 0.187. The number of nitrogens with zero attached hydrogens (tertiary/aromatic N) is 2. The van der Waals surface area contributed by atoms with E-state index in [1.165, 1.54) is 16.9 Å². The molecule has 1 aliphatic rings. The molecular formula is C15H12ClN3OS. The zero-order chi connectivity index (χ0) is 14.4. The van der Waals surface area contributed by atoms with Gasteiger partial charge in [0.15, 0.2) is 0 Å². The van der Waals surface area contributed by atoms with Crippen molar-refractivity contribution in [1.82, 2.24) is 9.97 Å². The van der Waals surface area contributed by atoms with Crippen LogP contribution in [0.4, 0.5) is 11.5 Å². The SMILES string of the molecule is Oc1ccccc1Nc1nc(Cl)nc2sc3c(c12)CCC3. The van der Waals surface area contributed by atoms with Crippen LogP contribution < -0.4 is 5.32 Å². The number of aryl methyl sites for hydroxylation is 2. The zero-order valence-electron chi connectivity index (χ0n) is 11.1. The fourth-order valence-electron chi connectivity index (χ4n) is 2.77. The molecule has 0 bridgehead atoms. The largest absolute Gasteiger partial charge is 0.506 e. The monoisotopic (exact) mass is 317 g/mol. The summed E-state index contributed by atoms with van der Waals surface area (Å²) in [7, 11) is 0. The van der Waals surface area contributed by atoms with Gasteiger partial charge < -0.3 is 10.4 Å². The van der Waals surface area contributed by atoms with Gasteiger partial charge in [0.2, 0.25) is 5.28 Å². The Kier molecular flexibility index (Phi) is 2.97. The van der Waals surface area contributed by atoms with Crippen molar-refractivity contribution in [3.05, 3.63) is 40.0 Å². The van der Waals surface area contributed by atoms with E-state index < -0.39 is 0 Å². The Morgan fingerprint density at radius 1 is 1.19 bits per heavy atom. The molecule has 0 saturated heterocycles. The molecule has 4 rings (SSSR count). The molecule has 0 aliphatic heterocycles. The van der Waals surface area contributed by atoms with Crippen LogP contribution in [-0.4, -0.2) is 15.1 Å². The molecule has 6 heteroatoms. The number of fused-ring (bicyclic) bond motifs is 3. The van der Waals surface area contributed by atoms with E-state index >= 15 is 0 Å². The van der Waals surface area contributed by atoms with E-state index in [1.807, 2.05) is 12.1 Å². The highest BCUT2D eigenvalue weighted by molar-refractivity contribution is 7.19. The molecule has 1 aliphatic carbocycles. The number of halogens is 1. The molecule has 0 spiro atoms. The van der Waals surface area contributed by atoms with Crippen molar-refractivity contribution in [3.63, 3.8) is 0 Å². The molecule has 0 atom stereocenters. The standard InChI is InChI=1S/C15H12ClN3OS/c16-15-18-13(17-9-5-1-2-6-10(9)20)12-8-4-3-7-11(8)21-14(12)19-15/h1-2,5-6,20H,3-4,7H2,(H,17,18,19). The van der Waals surface area contributed by atoms with E-state index in [2.05, 4.69) is 15.3 Å². The quantitative estimate of drug-likeness (QED) is 0.547. The minimum atomic E-state index is 0.187. The Labute approximate surface area is 130 Å². The van der Waals surface area contributed by atoms with Gasteiger partial charge in [-0.05, 0) is 48.6 Å². The molecule has 0 amide bonds. The first-order valence-corrected chi connectivity index (χ1v) is 7.94. The summed E-state index contributed by atoms with van der Waals surface area (Å²) in [5.41, 5.74) is 1.94. The van der Waals surface area contributed by atoms with Crippen LogP contribution in [0.2, 0.25) is 5.28 Å². The molecule has 0 radical (unpaired) electrons. The highest BCUT2D eigenvalue weighted by Crippen LogP contribution is 2.41. The van der Waals surface area contributed by atoms with Gasteiger partial charge in [0.05, 0.1) is 11.1 Å². The normalized spacial score (nSPS) is 13.6. The maximum Gasteiger partial charge on any atom is 0.225 e. The van der Waals surface area contributed by atoms with E-state index in [9.17, 15) is 5.11 Å². The number of hydrogen-bond acceptors (Lipinski definition) is 5. The van der Waals surface area contributed by atoms with Gasteiger partial charge in [0.25, 0.3) is 0 Å². The number of thiophene rings is 1. The molecular weight excluding hydrogens is 306 g/mol. The Bertz CT molecular complexity index is 846. The lowest BCUT2D eigenvalue weighted by Gasteiger charge is -2.09. The van der Waals surface area contributed by atoms with E-state index in [4.69, 9.17) is 11.6 Å². The number of phenolic OH excluding ortho intramolecular Hbond substituents is 1. The predicted octanol–water partition coefficient (Wildman–Crippen LogP) is 4.28. The first-order valence-electron chi connectivity index (χ1n) is 6.75. The Hall–Kier alpha value is -1.85. The number of anilines is 2. The van der Waals surface area contributed by atoms with Crippen LogP contribution in [-0.2, 0) is 12.8 Å². The molecule has 3 aromatic rings. The van der Waals surface area contributed by atoms with Gasteiger partial charge in [-0.15, -0.1) is 11.3 Å². The number of aromatic nitrogens is 2. The summed E-state index contributed by atoms with van der Waals surface area (Å²) in [4.78, 5) is 11.0. The Morgan fingerprint density at radius 3 is 2.90 bits per heavy atom. The van der Waals surface area contributed by atoms with Crippen molar-refractivity contribution < 1.29 is 5.11 Å². The van der Waals surface area contributed by atoms with E-state index in [0.29, 0.717) is 11.5 Å². The maximum absolute atomic E-state index is 9.92. The number of para-hydroxylation sites is 2. The second-order valence-electron chi connectivity index (χ2n) is 5.02. The highest BCUT2D eigenvalue weighted by Gasteiger charge is 2.22. The second kappa shape index (κ2) is 4.86. The lowest BCUT2D eigenvalue weighted by atomic mass is 10.2. The first-order chi connectivity index (χ1) is 10.2. The average molecular weight is 318 g/mol. The van der Waals surface area contributed by atoms with Crippen molar-refractivity contribution in [1.29, 1.82) is 0 Å². The van der Waals surface area contributed by atoms with Crippen molar-refractivity contribution >= 4 is 44.7 Å². The van der Waals surface area contributed by atoms with Gasteiger partial charge in [0.1, 0.15) is 16.4 Å². The van der Waals surface area contributed by atoms with E-state index in [1.54, 1.807) is 23.5 Å². The summed E-state index contributed by atoms with van der Waals surface area (Å²) in [6.07, 6.45) is 3.33. The van der Waals surface area contributed by atoms with Crippen molar-refractivity contribution in [2.75, 3.05) is 5.32 Å². The summed E-state index contributed by atoms with van der Waals surface area (Å²) < 4.78 is 0. The van der Waals surface area contributed by atoms with E-state index in [0.717, 1.165) is 23.1 Å². The number of rotatable bonds is 2. The predicted molar refractivity (Wildman–Crippen MR) is 85.8 cm³/mol. The molecule has 4 nitrogen and oxygen atoms in total. The number of aromatic hydroxyl groups is 1. The van der Waals surface area contributed by atoms with Gasteiger partial charge in [-0.25, -0.2) is 4.98 Å². The van der Waals surface area contributed by atoms with Gasteiger partial charge in [0, 0.05) is 4.88 Å². The fraction of sp³-hybridized carbons (Fsp3) is 0.200. The Balaban J connectivity index is 1.90. The minimum Gasteiger partial charge on any atom is -0.506 e. The lowest BCUT2D eigenvalue weighted by molar-refractivity contribution is 0.478. The Morgan fingerprint density at radius 2 is 2.05 bits per heavy atom. The van der Waals surface area contributed by atoms with Gasteiger partial charge >= 0.3 is 0 Å². The summed E-state index contributed by atoms with van der Waals surface area (Å²) in [5.74, 6) is 0.859. The average Bonchev–Trinajstić information content (AvgIpc) is 3.01. The molecule has 0 saturated carbocycles. The van der Waals surface area contributed by atoms with Crippen LogP contribution in [0.5, 0.6) is 5.75 Å². The molecule has 0 unspecified atom stereocenters. The lowest BCUT2D eigenvalue weighted by Crippen LogP contribution is -1.97.